The summed E-state index contributed by atoms with van der Waals surface area (Å²) in [6, 6.07) is 0. The van der Waals surface area contributed by atoms with Crippen molar-refractivity contribution >= 4 is 5.78 Å². The Morgan fingerprint density at radius 3 is 2.71 bits per heavy atom. The second-order valence-electron chi connectivity index (χ2n) is 5.35. The molecule has 2 aliphatic rings. The molecule has 2 atom stereocenters. The van der Waals surface area contributed by atoms with E-state index in [2.05, 4.69) is 6.92 Å². The fraction of sp³-hybridized carbons (Fsp3) is 0.923. The number of ketones is 1. The monoisotopic (exact) mass is 194 g/mol. The zero-order valence-corrected chi connectivity index (χ0v) is 9.35. The van der Waals surface area contributed by atoms with Crippen molar-refractivity contribution in [2.75, 3.05) is 0 Å². The third kappa shape index (κ3) is 2.02. The molecule has 14 heavy (non-hydrogen) atoms. The minimum atomic E-state index is 0.531. The molecule has 0 heterocycles. The molecule has 0 aliphatic heterocycles. The van der Waals surface area contributed by atoms with Crippen LogP contribution in [0.2, 0.25) is 0 Å². The van der Waals surface area contributed by atoms with E-state index in [4.69, 9.17) is 0 Å². The number of Topliss-reactive ketones (excluding diaryl/α,β-unsaturated/α-hetero) is 1. The van der Waals surface area contributed by atoms with Crippen LogP contribution >= 0.6 is 0 Å². The molecule has 80 valence electrons. The number of rotatable bonds is 6. The van der Waals surface area contributed by atoms with E-state index in [1.54, 1.807) is 0 Å². The van der Waals surface area contributed by atoms with Crippen LogP contribution in [0.5, 0.6) is 0 Å². The summed E-state index contributed by atoms with van der Waals surface area (Å²) >= 11 is 0. The Hall–Kier alpha value is -0.330. The van der Waals surface area contributed by atoms with E-state index in [1.165, 1.54) is 44.9 Å². The molecule has 0 aromatic carbocycles. The van der Waals surface area contributed by atoms with E-state index < -0.39 is 0 Å². The summed E-state index contributed by atoms with van der Waals surface area (Å²) in [7, 11) is 0. The Labute approximate surface area is 87.3 Å². The topological polar surface area (TPSA) is 17.1 Å². The van der Waals surface area contributed by atoms with Gasteiger partial charge in [0.25, 0.3) is 0 Å². The SMILES string of the molecule is CCCCCCCC12CC(=O)CC1C2. The first-order valence-corrected chi connectivity index (χ1v) is 6.28. The van der Waals surface area contributed by atoms with Gasteiger partial charge in [-0.15, -0.1) is 0 Å². The number of unbranched alkanes of at least 4 members (excludes halogenated alkanes) is 4. The lowest BCUT2D eigenvalue weighted by Crippen LogP contribution is -2.02. The zero-order chi connectivity index (χ0) is 10.0. The minimum absolute atomic E-state index is 0.531. The van der Waals surface area contributed by atoms with Gasteiger partial charge in [-0.25, -0.2) is 0 Å². The largest absolute Gasteiger partial charge is 0.300 e. The normalized spacial score (nSPS) is 34.6. The highest BCUT2D eigenvalue weighted by atomic mass is 16.1. The van der Waals surface area contributed by atoms with Gasteiger partial charge in [0, 0.05) is 12.8 Å². The van der Waals surface area contributed by atoms with Crippen molar-refractivity contribution in [2.45, 2.75) is 64.7 Å². The van der Waals surface area contributed by atoms with Crippen molar-refractivity contribution in [3.8, 4) is 0 Å². The molecule has 1 heteroatoms. The molecule has 0 amide bonds. The van der Waals surface area contributed by atoms with Crippen LogP contribution in [0.1, 0.15) is 64.7 Å². The Kier molecular flexibility index (Phi) is 2.94. The van der Waals surface area contributed by atoms with Crippen LogP contribution in [0.3, 0.4) is 0 Å². The van der Waals surface area contributed by atoms with Crippen LogP contribution in [0.25, 0.3) is 0 Å². The van der Waals surface area contributed by atoms with E-state index in [1.807, 2.05) is 0 Å². The maximum Gasteiger partial charge on any atom is 0.133 e. The van der Waals surface area contributed by atoms with Gasteiger partial charge >= 0.3 is 0 Å². The molecule has 0 aromatic rings. The van der Waals surface area contributed by atoms with Gasteiger partial charge in [-0.05, 0) is 24.2 Å². The molecule has 2 fully saturated rings. The van der Waals surface area contributed by atoms with Gasteiger partial charge in [0.05, 0.1) is 0 Å². The summed E-state index contributed by atoms with van der Waals surface area (Å²) in [5.74, 6) is 1.34. The predicted molar refractivity (Wildman–Crippen MR) is 58.2 cm³/mol. The van der Waals surface area contributed by atoms with Crippen molar-refractivity contribution in [1.82, 2.24) is 0 Å². The standard InChI is InChI=1S/C13H22O/c1-2-3-4-5-6-7-13-9-11(13)8-12(14)10-13/h11H,2-10H2,1H3. The van der Waals surface area contributed by atoms with Crippen LogP contribution in [0.15, 0.2) is 0 Å². The molecule has 0 bridgehead atoms. The third-order valence-corrected chi connectivity index (χ3v) is 4.16. The summed E-state index contributed by atoms with van der Waals surface area (Å²) in [6.45, 7) is 2.26. The summed E-state index contributed by atoms with van der Waals surface area (Å²) in [5, 5.41) is 0. The van der Waals surface area contributed by atoms with Crippen LogP contribution in [0, 0.1) is 11.3 Å². The molecule has 0 N–H and O–H groups in total. The Morgan fingerprint density at radius 2 is 2.07 bits per heavy atom. The van der Waals surface area contributed by atoms with Crippen LogP contribution in [0.4, 0.5) is 0 Å². The van der Waals surface area contributed by atoms with Gasteiger partial charge < -0.3 is 0 Å². The average molecular weight is 194 g/mol. The van der Waals surface area contributed by atoms with Crippen LogP contribution in [-0.4, -0.2) is 5.78 Å². The first kappa shape index (κ1) is 10.2. The van der Waals surface area contributed by atoms with E-state index in [0.717, 1.165) is 18.8 Å². The lowest BCUT2D eigenvalue weighted by molar-refractivity contribution is -0.118. The first-order chi connectivity index (χ1) is 6.77. The number of hydrogen-bond acceptors (Lipinski definition) is 1. The minimum Gasteiger partial charge on any atom is -0.300 e. The summed E-state index contributed by atoms with van der Waals surface area (Å²) in [4.78, 5) is 11.2. The molecule has 0 spiro atoms. The van der Waals surface area contributed by atoms with Crippen molar-refractivity contribution in [1.29, 1.82) is 0 Å². The molecule has 1 nitrogen and oxygen atoms in total. The van der Waals surface area contributed by atoms with Crippen molar-refractivity contribution < 1.29 is 4.79 Å². The zero-order valence-electron chi connectivity index (χ0n) is 9.35. The van der Waals surface area contributed by atoms with Gasteiger partial charge in [-0.1, -0.05) is 39.0 Å². The number of hydrogen-bond donors (Lipinski definition) is 0. The van der Waals surface area contributed by atoms with Gasteiger partial charge in [0.1, 0.15) is 5.78 Å². The highest BCUT2D eigenvalue weighted by Crippen LogP contribution is 2.64. The van der Waals surface area contributed by atoms with Crippen molar-refractivity contribution in [3.05, 3.63) is 0 Å². The van der Waals surface area contributed by atoms with E-state index in [9.17, 15) is 4.79 Å². The Bertz CT molecular complexity index is 221. The molecule has 2 aliphatic carbocycles. The maximum absolute atomic E-state index is 11.2. The fourth-order valence-electron chi connectivity index (χ4n) is 3.15. The lowest BCUT2D eigenvalue weighted by atomic mass is 9.95. The molecular weight excluding hydrogens is 172 g/mol. The highest BCUT2D eigenvalue weighted by molar-refractivity contribution is 5.83. The first-order valence-electron chi connectivity index (χ1n) is 6.28. The Morgan fingerprint density at radius 1 is 1.29 bits per heavy atom. The fourth-order valence-corrected chi connectivity index (χ4v) is 3.15. The van der Waals surface area contributed by atoms with Crippen LogP contribution < -0.4 is 0 Å². The number of carbonyl (C=O) groups is 1. The third-order valence-electron chi connectivity index (χ3n) is 4.16. The van der Waals surface area contributed by atoms with Gasteiger partial charge in [-0.3, -0.25) is 4.79 Å². The van der Waals surface area contributed by atoms with E-state index >= 15 is 0 Å². The van der Waals surface area contributed by atoms with Crippen LogP contribution in [-0.2, 0) is 4.79 Å². The summed E-state index contributed by atoms with van der Waals surface area (Å²) < 4.78 is 0. The van der Waals surface area contributed by atoms with Gasteiger partial charge in [0.15, 0.2) is 0 Å². The van der Waals surface area contributed by atoms with Gasteiger partial charge in [-0.2, -0.15) is 0 Å². The maximum atomic E-state index is 11.2. The second kappa shape index (κ2) is 4.04. The molecule has 2 unspecified atom stereocenters. The molecule has 0 radical (unpaired) electrons. The number of carbonyl (C=O) groups excluding carboxylic acids is 1. The second-order valence-corrected chi connectivity index (χ2v) is 5.35. The van der Waals surface area contributed by atoms with Gasteiger partial charge in [0.2, 0.25) is 0 Å². The molecule has 2 saturated carbocycles. The molecular formula is C13H22O. The summed E-state index contributed by atoms with van der Waals surface area (Å²) in [5.41, 5.74) is 0.531. The van der Waals surface area contributed by atoms with E-state index in [0.29, 0.717) is 11.2 Å². The molecule has 2 rings (SSSR count). The molecule has 0 aromatic heterocycles. The quantitative estimate of drug-likeness (QED) is 0.589. The number of fused-ring (bicyclic) bond motifs is 1. The summed E-state index contributed by atoms with van der Waals surface area (Å²) in [6.07, 6.45) is 11.4. The lowest BCUT2D eigenvalue weighted by Gasteiger charge is -2.09. The highest BCUT2D eigenvalue weighted by Gasteiger charge is 2.58. The Balaban J connectivity index is 1.60. The predicted octanol–water partition coefficient (Wildman–Crippen LogP) is 3.72. The van der Waals surface area contributed by atoms with Crippen molar-refractivity contribution in [3.63, 3.8) is 0 Å². The smallest absolute Gasteiger partial charge is 0.133 e. The average Bonchev–Trinajstić information content (AvgIpc) is 2.69. The van der Waals surface area contributed by atoms with Crippen molar-refractivity contribution in [2.24, 2.45) is 11.3 Å². The molecule has 0 saturated heterocycles. The van der Waals surface area contributed by atoms with E-state index in [-0.39, 0.29) is 0 Å².